The van der Waals surface area contributed by atoms with Crippen molar-refractivity contribution in [1.82, 2.24) is 15.4 Å². The number of hydrogen-bond acceptors (Lipinski definition) is 6. The van der Waals surface area contributed by atoms with E-state index >= 15 is 0 Å². The number of pyridine rings is 1. The van der Waals surface area contributed by atoms with E-state index in [9.17, 15) is 9.59 Å². The minimum atomic E-state index is -0.328. The topological polar surface area (TPSA) is 93.2 Å². The number of anilines is 1. The first-order chi connectivity index (χ1) is 11.6. The number of hydrogen-bond donors (Lipinski definition) is 2. The Labute approximate surface area is 141 Å². The van der Waals surface area contributed by atoms with Gasteiger partial charge in [0, 0.05) is 18.1 Å². The normalized spacial score (nSPS) is 10.6. The quantitative estimate of drug-likeness (QED) is 0.711. The van der Waals surface area contributed by atoms with Crippen molar-refractivity contribution >= 4 is 38.6 Å². The van der Waals surface area contributed by atoms with Gasteiger partial charge in [0.05, 0.1) is 12.8 Å². The molecule has 2 aromatic heterocycles. The summed E-state index contributed by atoms with van der Waals surface area (Å²) >= 11 is 1.30. The van der Waals surface area contributed by atoms with Crippen LogP contribution in [0.15, 0.2) is 36.4 Å². The second-order valence-corrected chi connectivity index (χ2v) is 5.91. The van der Waals surface area contributed by atoms with Crippen molar-refractivity contribution in [1.29, 1.82) is 0 Å². The molecule has 0 atom stereocenters. The Kier molecular flexibility index (Phi) is 4.50. The van der Waals surface area contributed by atoms with Crippen LogP contribution in [0.2, 0.25) is 0 Å². The summed E-state index contributed by atoms with van der Waals surface area (Å²) in [6.07, 6.45) is 0. The molecule has 0 aliphatic carbocycles. The Morgan fingerprint density at radius 2 is 2.00 bits per heavy atom. The molecule has 0 aliphatic rings. The Morgan fingerprint density at radius 1 is 1.17 bits per heavy atom. The van der Waals surface area contributed by atoms with Gasteiger partial charge in [-0.25, -0.2) is 15.4 Å². The van der Waals surface area contributed by atoms with Gasteiger partial charge in [0.2, 0.25) is 5.91 Å². The number of thiazole rings is 1. The van der Waals surface area contributed by atoms with Crippen LogP contribution in [0.4, 0.5) is 5.13 Å². The second-order valence-electron chi connectivity index (χ2n) is 4.94. The summed E-state index contributed by atoms with van der Waals surface area (Å²) in [7, 11) is 1.38. The molecule has 1 aromatic carbocycles. The molecule has 0 radical (unpaired) electrons. The number of amides is 2. The molecule has 0 spiro atoms. The predicted molar refractivity (Wildman–Crippen MR) is 91.6 cm³/mol. The number of nitrogens with one attached hydrogen (secondary N) is 2. The number of benzene rings is 1. The molecule has 0 unspecified atom stereocenters. The van der Waals surface area contributed by atoms with E-state index in [1.807, 2.05) is 18.2 Å². The summed E-state index contributed by atoms with van der Waals surface area (Å²) in [6, 6.07) is 10.7. The van der Waals surface area contributed by atoms with Crippen molar-refractivity contribution in [3.8, 4) is 11.3 Å². The number of rotatable bonds is 4. The zero-order chi connectivity index (χ0) is 17.1. The van der Waals surface area contributed by atoms with E-state index in [-0.39, 0.29) is 11.8 Å². The summed E-state index contributed by atoms with van der Waals surface area (Å²) < 4.78 is 0. The summed E-state index contributed by atoms with van der Waals surface area (Å²) in [5, 5.41) is 3.16. The van der Waals surface area contributed by atoms with Gasteiger partial charge in [0.25, 0.3) is 5.91 Å². The molecule has 7 nitrogen and oxygen atoms in total. The van der Waals surface area contributed by atoms with Crippen LogP contribution in [-0.2, 0) is 9.63 Å². The molecular formula is C16H14N4O3S. The largest absolute Gasteiger partial charge is 0.302 e. The fraction of sp³-hybridized carbons (Fsp3) is 0.125. The second kappa shape index (κ2) is 6.73. The van der Waals surface area contributed by atoms with E-state index in [4.69, 9.17) is 0 Å². The zero-order valence-electron chi connectivity index (χ0n) is 13.0. The molecule has 0 bridgehead atoms. The Bertz CT molecular complexity index is 923. The summed E-state index contributed by atoms with van der Waals surface area (Å²) in [5.41, 5.74) is 4.98. The Hall–Kier alpha value is -2.84. The van der Waals surface area contributed by atoms with Crippen LogP contribution in [0.3, 0.4) is 0 Å². The van der Waals surface area contributed by atoms with Crippen molar-refractivity contribution in [2.75, 3.05) is 12.4 Å². The van der Waals surface area contributed by atoms with Crippen LogP contribution in [-0.4, -0.2) is 28.9 Å². The van der Waals surface area contributed by atoms with E-state index in [0.29, 0.717) is 26.7 Å². The molecule has 0 saturated carbocycles. The third-order valence-electron chi connectivity index (χ3n) is 3.15. The molecule has 0 saturated heterocycles. The van der Waals surface area contributed by atoms with Crippen LogP contribution >= 0.6 is 11.3 Å². The highest BCUT2D eigenvalue weighted by Gasteiger charge is 2.10. The van der Waals surface area contributed by atoms with Gasteiger partial charge in [-0.15, -0.1) is 0 Å². The minimum Gasteiger partial charge on any atom is -0.302 e. The summed E-state index contributed by atoms with van der Waals surface area (Å²) in [4.78, 5) is 37.2. The first-order valence-corrected chi connectivity index (χ1v) is 7.87. The summed E-state index contributed by atoms with van der Waals surface area (Å²) in [5.74, 6) is -0.503. The molecule has 2 amide bonds. The monoisotopic (exact) mass is 342 g/mol. The Balaban J connectivity index is 1.95. The van der Waals surface area contributed by atoms with Gasteiger partial charge >= 0.3 is 0 Å². The molecule has 2 N–H and O–H groups in total. The molecule has 0 fully saturated rings. The lowest BCUT2D eigenvalue weighted by Crippen LogP contribution is -2.21. The molecule has 8 heteroatoms. The first kappa shape index (κ1) is 16.0. The molecular weight excluding hydrogens is 328 g/mol. The lowest BCUT2D eigenvalue weighted by molar-refractivity contribution is -0.114. The van der Waals surface area contributed by atoms with Crippen molar-refractivity contribution in [2.45, 2.75) is 6.92 Å². The highest BCUT2D eigenvalue weighted by Crippen LogP contribution is 2.27. The fourth-order valence-corrected chi connectivity index (χ4v) is 3.04. The van der Waals surface area contributed by atoms with Crippen LogP contribution in [0.5, 0.6) is 0 Å². The average molecular weight is 342 g/mol. The molecule has 3 aromatic rings. The number of nitrogens with zero attached hydrogens (tertiary/aromatic N) is 2. The van der Waals surface area contributed by atoms with Crippen molar-refractivity contribution in [2.24, 2.45) is 0 Å². The van der Waals surface area contributed by atoms with Gasteiger partial charge < -0.3 is 5.32 Å². The zero-order valence-corrected chi connectivity index (χ0v) is 13.8. The molecule has 122 valence electrons. The number of carbonyl (C=O) groups is 2. The van der Waals surface area contributed by atoms with Crippen molar-refractivity contribution < 1.29 is 14.4 Å². The number of fused-ring (bicyclic) bond motifs is 1. The lowest BCUT2D eigenvalue weighted by atomic mass is 10.1. The van der Waals surface area contributed by atoms with Crippen LogP contribution in [0.25, 0.3) is 21.6 Å². The maximum Gasteiger partial charge on any atom is 0.274 e. The molecule has 2 heterocycles. The van der Waals surface area contributed by atoms with Crippen LogP contribution in [0, 0.1) is 0 Å². The standard InChI is InChI=1S/C16H14N4O3S/c1-9(21)17-16-19-13-7-6-12(18-15(13)24-16)10-4-3-5-11(8-10)14(22)20-23-2/h3-8H,1-2H3,(H,20,22)(H,17,19,21). The maximum absolute atomic E-state index is 11.8. The van der Waals surface area contributed by atoms with Gasteiger partial charge in [-0.05, 0) is 24.3 Å². The van der Waals surface area contributed by atoms with Crippen molar-refractivity contribution in [3.63, 3.8) is 0 Å². The third-order valence-corrected chi connectivity index (χ3v) is 4.03. The minimum absolute atomic E-state index is 0.175. The van der Waals surface area contributed by atoms with Crippen LogP contribution in [0.1, 0.15) is 17.3 Å². The number of carbonyl (C=O) groups excluding carboxylic acids is 2. The SMILES string of the molecule is CONC(=O)c1cccc(-c2ccc3nc(NC(C)=O)sc3n2)c1. The van der Waals surface area contributed by atoms with Gasteiger partial charge in [0.15, 0.2) is 5.13 Å². The smallest absolute Gasteiger partial charge is 0.274 e. The van der Waals surface area contributed by atoms with Gasteiger partial charge in [-0.2, -0.15) is 0 Å². The number of aromatic nitrogens is 2. The molecule has 3 rings (SSSR count). The van der Waals surface area contributed by atoms with E-state index in [1.165, 1.54) is 25.4 Å². The van der Waals surface area contributed by atoms with Gasteiger partial charge in [-0.3, -0.25) is 14.4 Å². The van der Waals surface area contributed by atoms with E-state index < -0.39 is 0 Å². The lowest BCUT2D eigenvalue weighted by Gasteiger charge is -2.05. The molecule has 0 aliphatic heterocycles. The van der Waals surface area contributed by atoms with E-state index in [0.717, 1.165) is 5.56 Å². The van der Waals surface area contributed by atoms with E-state index in [2.05, 4.69) is 25.6 Å². The van der Waals surface area contributed by atoms with E-state index in [1.54, 1.807) is 18.2 Å². The van der Waals surface area contributed by atoms with Gasteiger partial charge in [-0.1, -0.05) is 23.5 Å². The molecule has 24 heavy (non-hydrogen) atoms. The highest BCUT2D eigenvalue weighted by molar-refractivity contribution is 7.21. The number of hydroxylamine groups is 1. The average Bonchev–Trinajstić information content (AvgIpc) is 2.95. The highest BCUT2D eigenvalue weighted by atomic mass is 32.1. The van der Waals surface area contributed by atoms with Crippen molar-refractivity contribution in [3.05, 3.63) is 42.0 Å². The van der Waals surface area contributed by atoms with Crippen LogP contribution < -0.4 is 10.8 Å². The van der Waals surface area contributed by atoms with Gasteiger partial charge in [0.1, 0.15) is 10.3 Å². The predicted octanol–water partition coefficient (Wildman–Crippen LogP) is 2.61. The third kappa shape index (κ3) is 3.39. The Morgan fingerprint density at radius 3 is 2.75 bits per heavy atom. The fourth-order valence-electron chi connectivity index (χ4n) is 2.15. The maximum atomic E-state index is 11.8. The summed E-state index contributed by atoms with van der Waals surface area (Å²) in [6.45, 7) is 1.43. The first-order valence-electron chi connectivity index (χ1n) is 7.06.